The fourth-order valence-corrected chi connectivity index (χ4v) is 5.02. The van der Waals surface area contributed by atoms with E-state index in [0.29, 0.717) is 39.9 Å². The number of rotatable bonds is 13. The van der Waals surface area contributed by atoms with Crippen LogP contribution in [0, 0.1) is 6.92 Å². The van der Waals surface area contributed by atoms with Crippen molar-refractivity contribution in [3.63, 3.8) is 0 Å². The lowest BCUT2D eigenvalue weighted by Gasteiger charge is -2.25. The molecule has 0 aliphatic carbocycles. The third-order valence-corrected chi connectivity index (χ3v) is 7.63. The molecule has 0 fully saturated rings. The Labute approximate surface area is 336 Å². The molecule has 0 radical (unpaired) electrons. The van der Waals surface area contributed by atoms with Gasteiger partial charge in [-0.25, -0.2) is 4.79 Å². The van der Waals surface area contributed by atoms with Gasteiger partial charge in [0.05, 0.1) is 59.1 Å². The maximum absolute atomic E-state index is 12.1. The summed E-state index contributed by atoms with van der Waals surface area (Å²) >= 11 is 18.0. The van der Waals surface area contributed by atoms with Gasteiger partial charge in [-0.15, -0.1) is 16.7 Å². The number of alkyl halides is 1. The zero-order chi connectivity index (χ0) is 42.0. The molecular weight excluding hydrogens is 806 g/mol. The van der Waals surface area contributed by atoms with Gasteiger partial charge in [-0.1, -0.05) is 69.1 Å². The fraction of sp³-hybridized carbons (Fsp3) is 0.543. The van der Waals surface area contributed by atoms with Crippen LogP contribution < -0.4 is 25.6 Å². The van der Waals surface area contributed by atoms with Crippen LogP contribution in [0.15, 0.2) is 39.5 Å². The maximum atomic E-state index is 12.1. The zero-order valence-electron chi connectivity index (χ0n) is 32.7. The molecule has 0 aliphatic rings. The van der Waals surface area contributed by atoms with Crippen LogP contribution in [0.5, 0.6) is 5.75 Å². The predicted octanol–water partition coefficient (Wildman–Crippen LogP) is 6.00. The first kappa shape index (κ1) is 51.4. The smallest absolute Gasteiger partial charge is 0.442 e. The Morgan fingerprint density at radius 1 is 1.15 bits per heavy atom. The van der Waals surface area contributed by atoms with Gasteiger partial charge in [0, 0.05) is 18.1 Å². The Bertz CT molecular complexity index is 1720. The van der Waals surface area contributed by atoms with E-state index in [9.17, 15) is 23.8 Å². The van der Waals surface area contributed by atoms with Gasteiger partial charge < -0.3 is 33.3 Å². The van der Waals surface area contributed by atoms with Crippen LogP contribution in [-0.2, 0) is 41.6 Å². The second-order valence-corrected chi connectivity index (χ2v) is 18.2. The van der Waals surface area contributed by atoms with Crippen molar-refractivity contribution < 1.29 is 42.9 Å². The van der Waals surface area contributed by atoms with Gasteiger partial charge in [-0.05, 0) is 62.2 Å². The minimum absolute atomic E-state index is 0.0371. The van der Waals surface area contributed by atoms with Crippen LogP contribution in [0.25, 0.3) is 5.69 Å². The molecule has 0 bridgehead atoms. The van der Waals surface area contributed by atoms with Gasteiger partial charge in [0.2, 0.25) is 11.8 Å². The molecule has 3 aromatic rings. The van der Waals surface area contributed by atoms with Crippen molar-refractivity contribution in [1.29, 1.82) is 0 Å². The van der Waals surface area contributed by atoms with E-state index in [1.807, 2.05) is 72.0 Å². The molecule has 2 aromatic carbocycles. The summed E-state index contributed by atoms with van der Waals surface area (Å²) in [6.45, 7) is 15.8. The highest BCUT2D eigenvalue weighted by atomic mass is 35.5. The molecule has 0 aliphatic heterocycles. The largest absolute Gasteiger partial charge is 0.778 e. The summed E-state index contributed by atoms with van der Waals surface area (Å²) < 4.78 is 27.2. The Hall–Kier alpha value is -2.59. The van der Waals surface area contributed by atoms with Crippen molar-refractivity contribution in [3.05, 3.63) is 67.9 Å². The van der Waals surface area contributed by atoms with E-state index in [0.717, 1.165) is 27.9 Å². The number of carboxylic acid groups (broad SMARTS) is 1. The first-order chi connectivity index (χ1) is 24.9. The van der Waals surface area contributed by atoms with Crippen LogP contribution in [0.1, 0.15) is 65.5 Å². The number of carboxylic acids is 1. The summed E-state index contributed by atoms with van der Waals surface area (Å²) in [5, 5.41) is 14.8. The van der Waals surface area contributed by atoms with Crippen LogP contribution in [-0.4, -0.2) is 88.6 Å². The highest BCUT2D eigenvalue weighted by Crippen LogP contribution is 2.34. The number of carbonyl (C=O) groups is 2. The number of aliphatic carboxylic acids is 1. The van der Waals surface area contributed by atoms with E-state index >= 15 is 0 Å². The molecule has 0 saturated carbocycles. The Kier molecular flexibility index (Phi) is 23.6. The van der Waals surface area contributed by atoms with Crippen LogP contribution in [0.2, 0.25) is 10.0 Å². The number of ether oxygens (including phenoxy) is 2. The average Bonchev–Trinajstić information content (AvgIpc) is 3.44. The minimum atomic E-state index is -4.35. The second kappa shape index (κ2) is 24.8. The van der Waals surface area contributed by atoms with Gasteiger partial charge in [-0.3, -0.25) is 19.8 Å². The maximum Gasteiger partial charge on any atom is 0.442 e. The van der Waals surface area contributed by atoms with E-state index in [1.165, 1.54) is 6.07 Å². The van der Waals surface area contributed by atoms with Crippen LogP contribution in [0.3, 0.4) is 0 Å². The van der Waals surface area contributed by atoms with Crippen molar-refractivity contribution in [2.45, 2.75) is 73.3 Å². The molecule has 19 heteroatoms. The van der Waals surface area contributed by atoms with Gasteiger partial charge in [0.25, 0.3) is 0 Å². The van der Waals surface area contributed by atoms with Crippen LogP contribution in [0.4, 0.5) is 5.69 Å². The number of aryl methyl sites for hydroxylation is 2. The second-order valence-electron chi connectivity index (χ2n) is 13.1. The molecule has 1 unspecified atom stereocenters. The Morgan fingerprint density at radius 3 is 2.19 bits per heavy atom. The number of hydrogen-bond acceptors (Lipinski definition) is 10. The van der Waals surface area contributed by atoms with E-state index in [4.69, 9.17) is 58.7 Å². The SMILES string of the molecule is CC(C)Oc1cc(-n2nc(C(C)(C)C)oc2=O)c(Cl)cc1Cl.CCOCN(C(=O)CCl)c1c(C)cccc1CC.C[S+](C)C.O=C(O)CNCP(=O)([O-])O. The number of carbonyl (C=O) groups excluding carboxylic acids is 1. The standard InChI is InChI=1S/C15H18Cl2N2O3.C14H20ClNO2.C3H8NO5P.C3H9S/c1-8(2)21-12-7-11(9(16)6-10(12)17)19-14(20)22-13(18-19)15(3,4)5;1-4-12-8-6-7-11(3)14(12)16(10-18-5-2)13(17)9-15;5-3(6)1-4-2-10(7,8)9;1-4(2)3/h6-8H,1-5H3;6-8H,4-5,9-10H2,1-3H3;4H,1-2H2,(H,5,6)(H2,7,8,9);1-3H3/q;;;+1/p-1. The molecule has 306 valence electrons. The molecular formula is C35H54Cl3N4O10PS. The summed E-state index contributed by atoms with van der Waals surface area (Å²) in [6, 6.07) is 9.13. The van der Waals surface area contributed by atoms with Gasteiger partial charge in [0.15, 0.2) is 0 Å². The number of amides is 1. The molecule has 1 heterocycles. The molecule has 3 rings (SSSR count). The van der Waals surface area contributed by atoms with Crippen molar-refractivity contribution in [1.82, 2.24) is 15.1 Å². The molecule has 0 saturated heterocycles. The molecule has 3 N–H and O–H groups in total. The molecule has 0 spiro atoms. The summed E-state index contributed by atoms with van der Waals surface area (Å²) in [4.78, 5) is 53.4. The lowest BCUT2D eigenvalue weighted by molar-refractivity contribution is -0.193. The minimum Gasteiger partial charge on any atom is -0.778 e. The molecule has 1 aromatic heterocycles. The molecule has 1 atom stereocenters. The Balaban J connectivity index is 0.000000786. The van der Waals surface area contributed by atoms with E-state index in [2.05, 4.69) is 30.8 Å². The average molecular weight is 860 g/mol. The number of aromatic nitrogens is 2. The number of hydrogen-bond donors (Lipinski definition) is 3. The quantitative estimate of drug-likeness (QED) is 0.0787. The number of benzene rings is 2. The summed E-state index contributed by atoms with van der Waals surface area (Å²) in [6.07, 6.45) is 6.68. The van der Waals surface area contributed by atoms with Crippen LogP contribution >= 0.6 is 42.4 Å². The third-order valence-electron chi connectivity index (χ3n) is 6.18. The number of nitrogens with one attached hydrogen (secondary N) is 1. The number of anilines is 1. The lowest BCUT2D eigenvalue weighted by Crippen LogP contribution is -2.35. The van der Waals surface area contributed by atoms with Gasteiger partial charge in [0.1, 0.15) is 26.0 Å². The summed E-state index contributed by atoms with van der Waals surface area (Å²) in [5.41, 5.74) is 3.10. The van der Waals surface area contributed by atoms with Crippen molar-refractivity contribution >= 4 is 70.9 Å². The normalized spacial score (nSPS) is 12.0. The summed E-state index contributed by atoms with van der Waals surface area (Å²) in [7, 11) is -3.71. The van der Waals surface area contributed by atoms with E-state index in [1.54, 1.807) is 11.0 Å². The summed E-state index contributed by atoms with van der Waals surface area (Å²) in [5.74, 6) is -1.18. The first-order valence-electron chi connectivity index (χ1n) is 16.6. The first-order valence-corrected chi connectivity index (χ1v) is 22.1. The molecule has 14 nitrogen and oxygen atoms in total. The highest BCUT2D eigenvalue weighted by molar-refractivity contribution is 7.94. The van der Waals surface area contributed by atoms with Gasteiger partial charge >= 0.3 is 11.7 Å². The lowest BCUT2D eigenvalue weighted by atomic mass is 9.97. The third kappa shape index (κ3) is 19.8. The van der Waals surface area contributed by atoms with E-state index < -0.39 is 32.2 Å². The van der Waals surface area contributed by atoms with Gasteiger partial charge in [-0.2, -0.15) is 4.68 Å². The fourth-order valence-electron chi connectivity index (χ4n) is 3.97. The van der Waals surface area contributed by atoms with E-state index in [-0.39, 0.29) is 35.1 Å². The number of nitrogens with zero attached hydrogens (tertiary/aromatic N) is 3. The van der Waals surface area contributed by atoms with Crippen molar-refractivity contribution in [2.24, 2.45) is 0 Å². The highest BCUT2D eigenvalue weighted by Gasteiger charge is 2.24. The number of halogens is 3. The molecule has 54 heavy (non-hydrogen) atoms. The predicted molar refractivity (Wildman–Crippen MR) is 217 cm³/mol. The Morgan fingerprint density at radius 2 is 1.74 bits per heavy atom. The monoisotopic (exact) mass is 858 g/mol. The zero-order valence-corrected chi connectivity index (χ0v) is 36.7. The van der Waals surface area contributed by atoms with Crippen molar-refractivity contribution in [3.8, 4) is 11.4 Å². The van der Waals surface area contributed by atoms with Crippen molar-refractivity contribution in [2.75, 3.05) is 55.7 Å². The topological polar surface area (TPSA) is 196 Å². The number of para-hydroxylation sites is 1. The molecule has 1 amide bonds.